The number of aromatic hydroxyl groups is 2. The quantitative estimate of drug-likeness (QED) is 0.0458. The van der Waals surface area contributed by atoms with Crippen LogP contribution in [0.2, 0.25) is 0 Å². The van der Waals surface area contributed by atoms with Gasteiger partial charge >= 0.3 is 7.12 Å². The Morgan fingerprint density at radius 1 is 0.548 bits per heavy atom. The minimum atomic E-state index is -2.74. The maximum Gasteiger partial charge on any atom is 0.488 e. The van der Waals surface area contributed by atoms with Crippen LogP contribution in [-0.4, -0.2) is 218 Å². The number of phenols is 2. The van der Waals surface area contributed by atoms with Crippen molar-refractivity contribution < 1.29 is 108 Å². The number of aliphatic hydroxyl groups excluding tert-OH is 4. The summed E-state index contributed by atoms with van der Waals surface area (Å²) in [5.41, 5.74) is 16.6. The van der Waals surface area contributed by atoms with E-state index in [1.807, 2.05) is 28.7 Å². The normalized spacial score (nSPS) is 23.0. The lowest BCUT2D eigenvalue weighted by Crippen LogP contribution is -2.65. The molecule has 14 N–H and O–H groups in total. The van der Waals surface area contributed by atoms with Crippen LogP contribution in [0, 0.1) is 30.8 Å². The third-order valence-electron chi connectivity index (χ3n) is 19.1. The summed E-state index contributed by atoms with van der Waals surface area (Å²) in [5.74, 6) is -10.3. The summed E-state index contributed by atoms with van der Waals surface area (Å²) in [6.07, 6.45) is -0.731. The molecule has 6 aliphatic carbocycles. The van der Waals surface area contributed by atoms with Gasteiger partial charge in [-0.25, -0.2) is 0 Å². The number of fused-ring (bicyclic) bond motifs is 9. The summed E-state index contributed by atoms with van der Waals surface area (Å²) in [5, 5.41) is 109. The maximum atomic E-state index is 14.4. The summed E-state index contributed by atoms with van der Waals surface area (Å²) >= 11 is 4.00. The third kappa shape index (κ3) is 13.7. The average Bonchev–Trinajstić information content (AvgIpc) is 0.800. The van der Waals surface area contributed by atoms with Crippen LogP contribution in [0.5, 0.6) is 46.0 Å². The van der Waals surface area contributed by atoms with Crippen molar-refractivity contribution in [3.05, 3.63) is 166 Å². The van der Waals surface area contributed by atoms with Gasteiger partial charge in [-0.15, -0.1) is 0 Å². The summed E-state index contributed by atoms with van der Waals surface area (Å²) in [4.78, 5) is 81.7. The Morgan fingerprint density at radius 2 is 0.933 bits per heavy atom. The first-order valence-corrected chi connectivity index (χ1v) is 33.7. The Hall–Kier alpha value is -9.19. The number of rotatable bonds is 8. The molecule has 2 amide bonds. The van der Waals surface area contributed by atoms with E-state index in [1.54, 1.807) is 88.9 Å². The standard InChI is InChI=1S/C35H30N2O11.C21H20I2N2O7.C7H7BO4.C6H4.B6/c1-37(2)28-20-8-16-7-19-17(14-3-5-21-23(9-14)47-12-45-21)11-18(15-4-6-22-24(10-15)48-13-46-22)29(38)26(19)30(39)25(16)32(41)35(20,44)33(42)27(31(28)40)34(36)43;1-25(2)14-8-4-6-3-7-9(22)5-10(23)15(26)12(7)16(27)11(6)18(29)21(8,32)19(30)13(17(14)28)20(24)31;9-8(10)5-1-2-6-7(3-5)12-4-11-6;1-3-5-6-4-2;1-5(2)6(3)4/h3-6,9-11,16,20,28,38-39,42,44H,7-8,12-13H2,1-2H3,(H2,36,43);5-6,8,14,26-27,30,32H,3-4H2,1-2H3,(H2,24,31);1-3,9-10H,4H2;1-2H2;/t16-,20-,28-,35-;6-,8-,14-,21-;;;/m00.../s1. The SMILES string of the molecule is C=C=C=C=C=C.CN(C)[C@@H]1C(=O)C(C(N)=O)=C(O)[C@@]2(O)C(=O)C3=C(O)c4c(O)c(-c5ccc6c(c5)OCO6)cc(-c5ccc6c(c5)OCO6)c4C[C@H]3C[C@@H]12.CN(C)[C@@H]1C(=O)C(C(N)=O)=C(O)[C@@]2(O)C(=O)C3=C(O)c4c(O)c(I)cc(I)c4C[C@H]3C[C@@H]12.OB(O)c1ccc2c(c1)OCO2.[B]B([B])B([B])[B]. The number of carbonyl (C=O) groups excluding carboxylic acids is 6. The molecule has 35 heteroatoms. The lowest BCUT2D eigenvalue weighted by Gasteiger charge is -2.50. The van der Waals surface area contributed by atoms with Crippen LogP contribution in [0.25, 0.3) is 33.8 Å². The van der Waals surface area contributed by atoms with E-state index in [1.165, 1.54) is 9.80 Å². The van der Waals surface area contributed by atoms with Gasteiger partial charge in [-0.05, 0) is 217 Å². The van der Waals surface area contributed by atoms with Gasteiger partial charge in [0, 0.05) is 75.8 Å². The van der Waals surface area contributed by atoms with Crippen molar-refractivity contribution in [2.45, 2.75) is 49.0 Å². The first-order valence-electron chi connectivity index (χ1n) is 31.6. The molecule has 26 nitrogen and oxygen atoms in total. The van der Waals surface area contributed by atoms with Crippen molar-refractivity contribution in [2.75, 3.05) is 48.6 Å². The number of phenolic OH excluding ortho intramolecular Hbond substituents is 2. The number of benzene rings is 5. The lowest BCUT2D eigenvalue weighted by molar-refractivity contribution is -0.155. The molecule has 0 unspecified atom stereocenters. The Balaban J connectivity index is 0.000000176. The summed E-state index contributed by atoms with van der Waals surface area (Å²) < 4.78 is 33.5. The lowest BCUT2D eigenvalue weighted by atomic mass is 8.81. The van der Waals surface area contributed by atoms with Gasteiger partial charge in [0.2, 0.25) is 31.9 Å². The van der Waals surface area contributed by atoms with Gasteiger partial charge in [-0.2, -0.15) is 0 Å². The largest absolute Gasteiger partial charge is 0.508 e. The number of amides is 2. The van der Waals surface area contributed by atoms with Crippen molar-refractivity contribution in [3.8, 4) is 68.2 Å². The zero-order valence-corrected chi connectivity index (χ0v) is 60.2. The van der Waals surface area contributed by atoms with Crippen molar-refractivity contribution in [3.63, 3.8) is 0 Å². The average molecular weight is 1630 g/mol. The number of nitrogens with zero attached hydrogens (tertiary/aromatic N) is 2. The fourth-order valence-electron chi connectivity index (χ4n) is 14.3. The Labute approximate surface area is 628 Å². The van der Waals surface area contributed by atoms with Crippen molar-refractivity contribution in [2.24, 2.45) is 35.1 Å². The van der Waals surface area contributed by atoms with E-state index in [-0.39, 0.29) is 79.8 Å². The van der Waals surface area contributed by atoms with E-state index in [2.05, 4.69) is 58.7 Å². The van der Waals surface area contributed by atoms with Crippen molar-refractivity contribution >= 4 is 148 Å². The fourth-order valence-corrected chi connectivity index (χ4v) is 16.3. The molecule has 0 bridgehead atoms. The minimum Gasteiger partial charge on any atom is -0.508 e. The Bertz CT molecular complexity index is 4760. The molecule has 5 aromatic rings. The van der Waals surface area contributed by atoms with Crippen LogP contribution in [0.15, 0.2) is 137 Å². The van der Waals surface area contributed by atoms with Crippen molar-refractivity contribution in [1.29, 1.82) is 0 Å². The molecular formula is C69H61B7I2N4O22. The van der Waals surface area contributed by atoms with Crippen LogP contribution in [0.1, 0.15) is 35.1 Å². The highest BCUT2D eigenvalue weighted by Crippen LogP contribution is 2.57. The molecule has 104 heavy (non-hydrogen) atoms. The van der Waals surface area contributed by atoms with Gasteiger partial charge in [-0.3, -0.25) is 38.6 Å². The predicted octanol–water partition coefficient (Wildman–Crippen LogP) is 2.16. The van der Waals surface area contributed by atoms with E-state index in [4.69, 9.17) is 80.9 Å². The molecule has 0 aromatic heterocycles. The van der Waals surface area contributed by atoms with Gasteiger partial charge < -0.3 is 90.8 Å². The zero-order chi connectivity index (χ0) is 76.2. The van der Waals surface area contributed by atoms with E-state index >= 15 is 0 Å². The van der Waals surface area contributed by atoms with Gasteiger partial charge in [0.05, 0.1) is 26.8 Å². The smallest absolute Gasteiger partial charge is 0.488 e. The molecule has 3 aliphatic heterocycles. The van der Waals surface area contributed by atoms with E-state index in [9.17, 15) is 69.6 Å². The van der Waals surface area contributed by atoms with Gasteiger partial charge in [0.25, 0.3) is 11.8 Å². The number of carbonyl (C=O) groups is 6. The van der Waals surface area contributed by atoms with Gasteiger partial charge in [0.1, 0.15) is 45.7 Å². The highest BCUT2D eigenvalue weighted by molar-refractivity contribution is 14.1. The second-order valence-electron chi connectivity index (χ2n) is 25.5. The van der Waals surface area contributed by atoms with Crippen LogP contribution in [-0.2, 0) is 41.6 Å². The molecule has 524 valence electrons. The molecule has 0 saturated heterocycles. The number of Topliss-reactive ketones (excluding diaryl/α,β-unsaturated/α-hetero) is 4. The topological polar surface area (TPSA) is 419 Å². The second-order valence-corrected chi connectivity index (χ2v) is 27.8. The number of aliphatic hydroxyl groups is 6. The molecular weight excluding hydrogens is 1570 g/mol. The van der Waals surface area contributed by atoms with Gasteiger partial charge in [-0.1, -0.05) is 29.7 Å². The van der Waals surface area contributed by atoms with E-state index in [0.29, 0.717) is 76.9 Å². The fraction of sp³-hybridized carbons (Fsp3) is 0.275. The number of primary amides is 2. The third-order valence-corrected chi connectivity index (χ3v) is 20.9. The van der Waals surface area contributed by atoms with Gasteiger partial charge in [0.15, 0.2) is 57.3 Å². The van der Waals surface area contributed by atoms with Crippen LogP contribution in [0.3, 0.4) is 0 Å². The number of halogens is 2. The first-order chi connectivity index (χ1) is 49.1. The molecule has 8 atom stereocenters. The number of ether oxygens (including phenoxy) is 6. The van der Waals surface area contributed by atoms with Crippen molar-refractivity contribution in [1.82, 2.24) is 9.80 Å². The van der Waals surface area contributed by atoms with E-state index in [0.717, 1.165) is 3.57 Å². The predicted molar refractivity (Wildman–Crippen MR) is 399 cm³/mol. The molecule has 9 aliphatic rings. The summed E-state index contributed by atoms with van der Waals surface area (Å²) in [6.45, 7) is 6.75. The number of hydrogen-bond donors (Lipinski definition) is 12. The first kappa shape index (κ1) is 77.4. The molecule has 0 spiro atoms. The highest BCUT2D eigenvalue weighted by Gasteiger charge is 2.66. The van der Waals surface area contributed by atoms with Crippen LogP contribution >= 0.6 is 45.2 Å². The number of likely N-dealkylation sites (N-methyl/N-ethyl adjacent to an activating group) is 2. The molecule has 5 aromatic carbocycles. The van der Waals surface area contributed by atoms with E-state index < -0.39 is 136 Å². The molecule has 14 rings (SSSR count). The van der Waals surface area contributed by atoms with Crippen LogP contribution in [0.4, 0.5) is 0 Å². The monoisotopic (exact) mass is 1630 g/mol. The number of ketones is 4. The molecule has 2 saturated carbocycles. The Kier molecular flexibility index (Phi) is 22.7. The maximum absolute atomic E-state index is 14.4. The number of hydrogen-bond acceptors (Lipinski definition) is 24. The minimum absolute atomic E-state index is 0.0307. The second kappa shape index (κ2) is 30.5. The van der Waals surface area contributed by atoms with Crippen LogP contribution < -0.4 is 45.4 Å². The molecule has 8 radical (unpaired) electrons. The summed E-state index contributed by atoms with van der Waals surface area (Å²) in [6, 6.07) is 16.5. The molecule has 2 fully saturated rings. The highest BCUT2D eigenvalue weighted by atomic mass is 127. The molecule has 3 heterocycles. The number of nitrogens with two attached hydrogens (primary N) is 2. The zero-order valence-electron chi connectivity index (χ0n) is 55.9. The Morgan fingerprint density at radius 3 is 1.33 bits per heavy atom. The summed E-state index contributed by atoms with van der Waals surface area (Å²) in [7, 11) is 24.6.